The van der Waals surface area contributed by atoms with Gasteiger partial charge in [0.1, 0.15) is 46.3 Å². The molecule has 0 amide bonds. The number of rotatable bonds is 16. The quantitative estimate of drug-likeness (QED) is 0.182. The Labute approximate surface area is 238 Å². The van der Waals surface area contributed by atoms with Gasteiger partial charge in [-0.25, -0.2) is 0 Å². The van der Waals surface area contributed by atoms with Crippen LogP contribution >= 0.6 is 0 Å². The van der Waals surface area contributed by atoms with Gasteiger partial charge < -0.3 is 0 Å². The van der Waals surface area contributed by atoms with Crippen molar-refractivity contribution in [2.45, 2.75) is 132 Å². The Morgan fingerprint density at radius 3 is 0.405 bits per heavy atom. The molecule has 0 aromatic carbocycles. The molecule has 0 rings (SSSR count). The normalized spacial score (nSPS) is 8.86. The van der Waals surface area contributed by atoms with Crippen molar-refractivity contribution in [1.29, 1.82) is 0 Å². The maximum absolute atomic E-state index is 10.6. The van der Waals surface area contributed by atoms with Gasteiger partial charge in [-0.3, -0.25) is 38.4 Å². The minimum absolute atomic E-state index is 0. The minimum atomic E-state index is 0. The van der Waals surface area contributed by atoms with Gasteiger partial charge in [0.2, 0.25) is 0 Å². The van der Waals surface area contributed by atoms with Crippen LogP contribution in [0.15, 0.2) is 0 Å². The Balaban J connectivity index is -0.000000122. The number of carbonyl (C=O) groups is 8. The minimum Gasteiger partial charge on any atom is -0.299 e. The van der Waals surface area contributed by atoms with Gasteiger partial charge in [-0.1, -0.05) is 55.4 Å². The van der Waals surface area contributed by atoms with Gasteiger partial charge in [-0.05, 0) is 0 Å². The Bertz CT molecular complexity index is 535. The average Bonchev–Trinajstić information content (AvgIpc) is 2.88. The second kappa shape index (κ2) is 32.1. The molecule has 212 valence electrons. The van der Waals surface area contributed by atoms with Crippen molar-refractivity contribution in [2.75, 3.05) is 0 Å². The first kappa shape index (κ1) is 45.0. The monoisotopic (exact) mass is 560 g/mol. The molecule has 0 saturated carbocycles. The summed E-state index contributed by atoms with van der Waals surface area (Å²) >= 11 is 0. The van der Waals surface area contributed by atoms with Gasteiger partial charge in [0.25, 0.3) is 0 Å². The van der Waals surface area contributed by atoms with Crippen LogP contribution < -0.4 is 0 Å². The molecule has 0 heterocycles. The molecule has 0 aliphatic carbocycles. The fourth-order valence-electron chi connectivity index (χ4n) is 1.88. The Morgan fingerprint density at radius 1 is 0.270 bits per heavy atom. The van der Waals surface area contributed by atoms with E-state index >= 15 is 0 Å². The third-order valence-electron chi connectivity index (χ3n) is 4.73. The van der Waals surface area contributed by atoms with E-state index in [1.807, 2.05) is 0 Å². The van der Waals surface area contributed by atoms with E-state index < -0.39 is 0 Å². The number of ketones is 8. The molecule has 0 aromatic heterocycles. The molecule has 0 unspecified atom stereocenters. The van der Waals surface area contributed by atoms with Gasteiger partial charge >= 0.3 is 0 Å². The van der Waals surface area contributed by atoms with Crippen molar-refractivity contribution in [2.24, 2.45) is 0 Å². The zero-order chi connectivity index (χ0) is 29.1. The van der Waals surface area contributed by atoms with Crippen LogP contribution in [-0.2, 0) is 60.1 Å². The van der Waals surface area contributed by atoms with Crippen LogP contribution in [0.1, 0.15) is 132 Å². The van der Waals surface area contributed by atoms with E-state index in [9.17, 15) is 38.4 Å². The molecule has 37 heavy (non-hydrogen) atoms. The molecule has 0 N–H and O–H groups in total. The van der Waals surface area contributed by atoms with Crippen molar-refractivity contribution >= 4 is 46.3 Å². The van der Waals surface area contributed by atoms with E-state index in [0.29, 0.717) is 51.4 Å². The molecule has 0 fully saturated rings. The van der Waals surface area contributed by atoms with Gasteiger partial charge in [0.15, 0.2) is 0 Å². The predicted molar refractivity (Wildman–Crippen MR) is 141 cm³/mol. The van der Waals surface area contributed by atoms with E-state index in [1.165, 1.54) is 0 Å². The van der Waals surface area contributed by atoms with E-state index in [2.05, 4.69) is 0 Å². The number of carbonyl (C=O) groups excluding carboxylic acids is 8. The predicted octanol–water partition coefficient (Wildman–Crippen LogP) is 5.34. The van der Waals surface area contributed by atoms with Crippen LogP contribution in [0.4, 0.5) is 0 Å². The molecule has 0 radical (unpaired) electrons. The standard InChI is InChI=1S/4C7H12O2.Ti/c4*1-3-6(8)5-7(9)4-2;/h4*3-5H2,1-2H3;. The summed E-state index contributed by atoms with van der Waals surface area (Å²) < 4.78 is 0. The van der Waals surface area contributed by atoms with Crippen LogP contribution in [0.5, 0.6) is 0 Å². The molecule has 0 atom stereocenters. The maximum atomic E-state index is 10.6. The Hall–Kier alpha value is -1.93. The van der Waals surface area contributed by atoms with Crippen LogP contribution in [0.2, 0.25) is 0 Å². The first-order valence-electron chi connectivity index (χ1n) is 12.9. The summed E-state index contributed by atoms with van der Waals surface area (Å²) in [6, 6.07) is 0. The SMILES string of the molecule is CCC(=O)CC(=O)CC.CCC(=O)CC(=O)CC.CCC(=O)CC(=O)CC.CCC(=O)CC(=O)CC.[Ti]. The van der Waals surface area contributed by atoms with E-state index in [0.717, 1.165) is 0 Å². The fourth-order valence-corrected chi connectivity index (χ4v) is 1.88. The summed E-state index contributed by atoms with van der Waals surface area (Å²) in [5.74, 6) is 0.347. The van der Waals surface area contributed by atoms with Crippen molar-refractivity contribution < 1.29 is 60.1 Å². The van der Waals surface area contributed by atoms with Gasteiger partial charge in [0.05, 0.1) is 25.7 Å². The fraction of sp³-hybridized carbons (Fsp3) is 0.714. The molecule has 0 aliphatic heterocycles. The largest absolute Gasteiger partial charge is 0.299 e. The van der Waals surface area contributed by atoms with Crippen molar-refractivity contribution in [3.05, 3.63) is 0 Å². The molecule has 9 heteroatoms. The van der Waals surface area contributed by atoms with Crippen LogP contribution in [0, 0.1) is 0 Å². The smallest absolute Gasteiger partial charge is 0.139 e. The zero-order valence-corrected chi connectivity index (χ0v) is 25.8. The van der Waals surface area contributed by atoms with Crippen molar-refractivity contribution in [3.8, 4) is 0 Å². The first-order valence-corrected chi connectivity index (χ1v) is 12.9. The molecule has 0 saturated heterocycles. The molecule has 0 aromatic rings. The van der Waals surface area contributed by atoms with Crippen LogP contribution in [-0.4, -0.2) is 46.3 Å². The zero-order valence-electron chi connectivity index (χ0n) is 24.3. The Kier molecular flexibility index (Phi) is 39.1. The molecular weight excluding hydrogens is 512 g/mol. The van der Waals surface area contributed by atoms with Crippen LogP contribution in [0.25, 0.3) is 0 Å². The number of hydrogen-bond donors (Lipinski definition) is 0. The number of hydrogen-bond acceptors (Lipinski definition) is 8. The molecular formula is C28H48O8Ti. The molecule has 8 nitrogen and oxygen atoms in total. The number of Topliss-reactive ketones (excluding diaryl/α,β-unsaturated/α-hetero) is 8. The van der Waals surface area contributed by atoms with Crippen LogP contribution in [0.3, 0.4) is 0 Å². The summed E-state index contributed by atoms with van der Waals surface area (Å²) in [4.78, 5) is 84.5. The summed E-state index contributed by atoms with van der Waals surface area (Å²) in [7, 11) is 0. The second-order valence-corrected chi connectivity index (χ2v) is 7.84. The average molecular weight is 561 g/mol. The van der Waals surface area contributed by atoms with E-state index in [-0.39, 0.29) is 93.7 Å². The van der Waals surface area contributed by atoms with Crippen molar-refractivity contribution in [1.82, 2.24) is 0 Å². The van der Waals surface area contributed by atoms with E-state index in [1.54, 1.807) is 55.4 Å². The Morgan fingerprint density at radius 2 is 0.351 bits per heavy atom. The van der Waals surface area contributed by atoms with Gasteiger partial charge in [-0.15, -0.1) is 0 Å². The summed E-state index contributed by atoms with van der Waals surface area (Å²) in [5.41, 5.74) is 0. The summed E-state index contributed by atoms with van der Waals surface area (Å²) in [6.07, 6.45) is 4.35. The second-order valence-electron chi connectivity index (χ2n) is 7.84. The van der Waals surface area contributed by atoms with Crippen molar-refractivity contribution in [3.63, 3.8) is 0 Å². The summed E-state index contributed by atoms with van der Waals surface area (Å²) in [6.45, 7) is 14.2. The molecule has 0 aliphatic rings. The maximum Gasteiger partial charge on any atom is 0.139 e. The topological polar surface area (TPSA) is 137 Å². The van der Waals surface area contributed by atoms with Gasteiger partial charge in [-0.2, -0.15) is 0 Å². The summed E-state index contributed by atoms with van der Waals surface area (Å²) in [5, 5.41) is 0. The third kappa shape index (κ3) is 38.8. The molecule has 0 bridgehead atoms. The van der Waals surface area contributed by atoms with Gasteiger partial charge in [0, 0.05) is 73.1 Å². The molecule has 0 spiro atoms. The third-order valence-corrected chi connectivity index (χ3v) is 4.73. The van der Waals surface area contributed by atoms with E-state index in [4.69, 9.17) is 0 Å². The first-order chi connectivity index (χ1) is 16.8.